The Morgan fingerprint density at radius 3 is 2.46 bits per heavy atom. The van der Waals surface area contributed by atoms with Crippen molar-refractivity contribution in [3.63, 3.8) is 0 Å². The molecule has 2 atom stereocenters. The number of benzene rings is 1. The van der Waals surface area contributed by atoms with Crippen LogP contribution in [0.1, 0.15) is 37.0 Å². The van der Waals surface area contributed by atoms with Gasteiger partial charge in [0.15, 0.2) is 6.61 Å². The molecule has 2 fully saturated rings. The van der Waals surface area contributed by atoms with Gasteiger partial charge in [-0.3, -0.25) is 14.9 Å². The highest BCUT2D eigenvalue weighted by Crippen LogP contribution is 2.31. The third-order valence-corrected chi connectivity index (χ3v) is 4.95. The van der Waals surface area contributed by atoms with Crippen LogP contribution in [-0.2, 0) is 14.3 Å². The predicted octanol–water partition coefficient (Wildman–Crippen LogP) is 1.99. The first-order chi connectivity index (χ1) is 13.3. The smallest absolute Gasteiger partial charge is 0.338 e. The first-order valence-electron chi connectivity index (χ1n) is 9.49. The van der Waals surface area contributed by atoms with Gasteiger partial charge in [-0.2, -0.15) is 0 Å². The van der Waals surface area contributed by atoms with Crippen LogP contribution >= 0.6 is 0 Å². The molecule has 9 nitrogen and oxygen atoms in total. The van der Waals surface area contributed by atoms with Crippen molar-refractivity contribution in [2.75, 3.05) is 37.7 Å². The Labute approximate surface area is 163 Å². The Bertz CT molecular complexity index is 752. The number of nitro groups is 1. The van der Waals surface area contributed by atoms with E-state index in [2.05, 4.69) is 0 Å². The number of anilines is 1. The summed E-state index contributed by atoms with van der Waals surface area (Å²) < 4.78 is 10.7. The number of nitrogens with zero attached hydrogens (tertiary/aromatic N) is 3. The molecule has 2 saturated heterocycles. The summed E-state index contributed by atoms with van der Waals surface area (Å²) in [5, 5.41) is 11.4. The van der Waals surface area contributed by atoms with Crippen molar-refractivity contribution in [1.82, 2.24) is 4.90 Å². The number of amides is 1. The lowest BCUT2D eigenvalue weighted by Crippen LogP contribution is -2.49. The molecule has 152 valence electrons. The predicted molar refractivity (Wildman–Crippen MR) is 101 cm³/mol. The fourth-order valence-electron chi connectivity index (χ4n) is 3.71. The first-order valence-corrected chi connectivity index (χ1v) is 9.49. The van der Waals surface area contributed by atoms with E-state index in [4.69, 9.17) is 9.47 Å². The Morgan fingerprint density at radius 1 is 1.21 bits per heavy atom. The maximum Gasteiger partial charge on any atom is 0.338 e. The molecule has 9 heteroatoms. The van der Waals surface area contributed by atoms with Crippen molar-refractivity contribution in [2.24, 2.45) is 0 Å². The van der Waals surface area contributed by atoms with Crippen molar-refractivity contribution in [1.29, 1.82) is 0 Å². The Kier molecular flexibility index (Phi) is 6.13. The Balaban J connectivity index is 1.64. The molecule has 1 aromatic carbocycles. The number of nitro benzene ring substituents is 1. The second-order valence-electron chi connectivity index (χ2n) is 7.29. The minimum atomic E-state index is -0.751. The molecule has 0 spiro atoms. The third-order valence-electron chi connectivity index (χ3n) is 4.95. The van der Waals surface area contributed by atoms with Crippen molar-refractivity contribution >= 4 is 23.3 Å². The van der Waals surface area contributed by atoms with Crippen LogP contribution < -0.4 is 4.90 Å². The van der Waals surface area contributed by atoms with E-state index in [-0.39, 0.29) is 29.4 Å². The minimum absolute atomic E-state index is 0.0613. The quantitative estimate of drug-likeness (QED) is 0.430. The lowest BCUT2D eigenvalue weighted by molar-refractivity contribution is -0.384. The van der Waals surface area contributed by atoms with E-state index in [1.165, 1.54) is 12.1 Å². The van der Waals surface area contributed by atoms with Crippen molar-refractivity contribution < 1.29 is 24.0 Å². The van der Waals surface area contributed by atoms with Gasteiger partial charge in [-0.05, 0) is 38.8 Å². The molecule has 0 radical (unpaired) electrons. The molecule has 1 amide bonds. The number of esters is 1. The average Bonchev–Trinajstić information content (AvgIpc) is 3.19. The van der Waals surface area contributed by atoms with E-state index in [0.717, 1.165) is 25.9 Å². The van der Waals surface area contributed by atoms with Crippen LogP contribution in [0.3, 0.4) is 0 Å². The summed E-state index contributed by atoms with van der Waals surface area (Å²) in [6, 6.07) is 4.30. The highest BCUT2D eigenvalue weighted by molar-refractivity contribution is 5.93. The summed E-state index contributed by atoms with van der Waals surface area (Å²) in [5.74, 6) is -1.06. The van der Waals surface area contributed by atoms with E-state index in [1.54, 1.807) is 11.0 Å². The molecule has 2 aliphatic heterocycles. The average molecular weight is 391 g/mol. The molecular weight excluding hydrogens is 366 g/mol. The van der Waals surface area contributed by atoms with Crippen LogP contribution in [0.2, 0.25) is 0 Å². The van der Waals surface area contributed by atoms with E-state index in [1.807, 2.05) is 18.7 Å². The number of ether oxygens (including phenoxy) is 2. The Hall–Kier alpha value is -2.68. The molecule has 0 bridgehead atoms. The number of hydrogen-bond donors (Lipinski definition) is 0. The number of morpholine rings is 1. The van der Waals surface area contributed by atoms with E-state index in [0.29, 0.717) is 18.8 Å². The van der Waals surface area contributed by atoms with Crippen LogP contribution in [0.15, 0.2) is 18.2 Å². The second kappa shape index (κ2) is 8.55. The topological polar surface area (TPSA) is 102 Å². The molecular formula is C19H25N3O6. The third kappa shape index (κ3) is 4.59. The zero-order valence-electron chi connectivity index (χ0n) is 16.1. The van der Waals surface area contributed by atoms with Gasteiger partial charge < -0.3 is 19.3 Å². The van der Waals surface area contributed by atoms with Crippen LogP contribution in [-0.4, -0.2) is 66.7 Å². The molecule has 3 rings (SSSR count). The van der Waals surface area contributed by atoms with Crippen molar-refractivity contribution in [3.8, 4) is 0 Å². The summed E-state index contributed by atoms with van der Waals surface area (Å²) in [6.45, 7) is 5.75. The van der Waals surface area contributed by atoms with E-state index >= 15 is 0 Å². The summed E-state index contributed by atoms with van der Waals surface area (Å²) in [7, 11) is 0. The normalized spacial score (nSPS) is 22.2. The maximum absolute atomic E-state index is 12.3. The molecule has 28 heavy (non-hydrogen) atoms. The monoisotopic (exact) mass is 391 g/mol. The molecule has 0 N–H and O–H groups in total. The molecule has 0 aliphatic carbocycles. The molecule has 2 heterocycles. The fourth-order valence-corrected chi connectivity index (χ4v) is 3.71. The highest BCUT2D eigenvalue weighted by atomic mass is 16.6. The van der Waals surface area contributed by atoms with Gasteiger partial charge in [0, 0.05) is 32.2 Å². The van der Waals surface area contributed by atoms with Crippen LogP contribution in [0.5, 0.6) is 0 Å². The van der Waals surface area contributed by atoms with Gasteiger partial charge in [-0.15, -0.1) is 0 Å². The molecule has 1 aromatic rings. The Morgan fingerprint density at radius 2 is 1.86 bits per heavy atom. The van der Waals surface area contributed by atoms with Gasteiger partial charge in [-0.25, -0.2) is 4.79 Å². The zero-order valence-corrected chi connectivity index (χ0v) is 16.1. The number of hydrogen-bond acceptors (Lipinski definition) is 7. The number of carbonyl (C=O) groups excluding carboxylic acids is 2. The van der Waals surface area contributed by atoms with Crippen molar-refractivity contribution in [2.45, 2.75) is 38.9 Å². The van der Waals surface area contributed by atoms with Crippen LogP contribution in [0, 0.1) is 10.1 Å². The largest absolute Gasteiger partial charge is 0.452 e. The second-order valence-corrected chi connectivity index (χ2v) is 7.29. The SMILES string of the molecule is C[C@@H]1CN(C(=O)COC(=O)c2ccc(N3CCCC3)c([N+](=O)[O-])c2)C[C@H](C)O1. The fraction of sp³-hybridized carbons (Fsp3) is 0.579. The molecule has 0 aromatic heterocycles. The summed E-state index contributed by atoms with van der Waals surface area (Å²) in [5.41, 5.74) is 0.441. The van der Waals surface area contributed by atoms with Crippen LogP contribution in [0.4, 0.5) is 11.4 Å². The highest BCUT2D eigenvalue weighted by Gasteiger charge is 2.27. The summed E-state index contributed by atoms with van der Waals surface area (Å²) in [6.07, 6.45) is 1.82. The van der Waals surface area contributed by atoms with Gasteiger partial charge in [0.25, 0.3) is 11.6 Å². The van der Waals surface area contributed by atoms with Crippen LogP contribution in [0.25, 0.3) is 0 Å². The van der Waals surface area contributed by atoms with Gasteiger partial charge in [0.05, 0.1) is 22.7 Å². The van der Waals surface area contributed by atoms with Gasteiger partial charge in [-0.1, -0.05) is 0 Å². The standard InChI is InChI=1S/C19H25N3O6/c1-13-10-21(11-14(2)28-13)18(23)12-27-19(24)15-5-6-16(17(9-15)22(25)26)20-7-3-4-8-20/h5-6,9,13-14H,3-4,7-8,10-12H2,1-2H3/t13-,14+. The minimum Gasteiger partial charge on any atom is -0.452 e. The molecule has 0 saturated carbocycles. The van der Waals surface area contributed by atoms with E-state index in [9.17, 15) is 19.7 Å². The molecule has 2 aliphatic rings. The van der Waals surface area contributed by atoms with Gasteiger partial charge >= 0.3 is 5.97 Å². The number of rotatable bonds is 5. The van der Waals surface area contributed by atoms with Gasteiger partial charge in [0.2, 0.25) is 0 Å². The van der Waals surface area contributed by atoms with Gasteiger partial charge in [0.1, 0.15) is 5.69 Å². The number of carbonyl (C=O) groups is 2. The zero-order chi connectivity index (χ0) is 20.3. The first kappa shape index (κ1) is 20.1. The summed E-state index contributed by atoms with van der Waals surface area (Å²) in [4.78, 5) is 39.1. The van der Waals surface area contributed by atoms with E-state index < -0.39 is 17.5 Å². The molecule has 0 unspecified atom stereocenters. The van der Waals surface area contributed by atoms with Crippen molar-refractivity contribution in [3.05, 3.63) is 33.9 Å². The lowest BCUT2D eigenvalue weighted by Gasteiger charge is -2.35. The lowest BCUT2D eigenvalue weighted by atomic mass is 10.1. The summed E-state index contributed by atoms with van der Waals surface area (Å²) >= 11 is 0. The maximum atomic E-state index is 12.3.